The van der Waals surface area contributed by atoms with Gasteiger partial charge in [0, 0.05) is 24.3 Å². The highest BCUT2D eigenvalue weighted by Crippen LogP contribution is 2.35. The van der Waals surface area contributed by atoms with Crippen LogP contribution in [0.3, 0.4) is 0 Å². The van der Waals surface area contributed by atoms with Gasteiger partial charge in [-0.3, -0.25) is 0 Å². The maximum absolute atomic E-state index is 13.3. The molecule has 0 atom stereocenters. The summed E-state index contributed by atoms with van der Waals surface area (Å²) in [5, 5.41) is 0. The molecular formula is C14H18F3N3O. The van der Waals surface area contributed by atoms with Crippen molar-refractivity contribution in [2.75, 3.05) is 31.2 Å². The third-order valence-electron chi connectivity index (χ3n) is 3.98. The first-order chi connectivity index (χ1) is 10.1. The summed E-state index contributed by atoms with van der Waals surface area (Å²) in [5.41, 5.74) is 0.143. The highest BCUT2D eigenvalue weighted by Gasteiger charge is 2.38. The number of ether oxygens (including phenoxy) is 1. The first-order valence-corrected chi connectivity index (χ1v) is 7.35. The number of anilines is 1. The molecule has 116 valence electrons. The number of morpholine rings is 1. The standard InChI is InChI=1S/C14H18F3N3O/c15-14(16,17)12-10-4-2-1-3-5-11(10)18-13(19-12)20-6-8-21-9-7-20/h1-9H2. The molecule has 1 aliphatic carbocycles. The SMILES string of the molecule is FC(F)(F)c1nc(N2CCOCC2)nc2c1CCCCC2. The van der Waals surface area contributed by atoms with Gasteiger partial charge in [0.1, 0.15) is 0 Å². The maximum Gasteiger partial charge on any atom is 0.433 e. The third-order valence-corrected chi connectivity index (χ3v) is 3.98. The number of halogens is 3. The van der Waals surface area contributed by atoms with E-state index >= 15 is 0 Å². The average molecular weight is 301 g/mol. The van der Waals surface area contributed by atoms with Gasteiger partial charge in [0.15, 0.2) is 5.69 Å². The number of aromatic nitrogens is 2. The fourth-order valence-corrected chi connectivity index (χ4v) is 2.90. The number of hydrogen-bond donors (Lipinski definition) is 0. The minimum Gasteiger partial charge on any atom is -0.378 e. The Morgan fingerprint density at radius 2 is 1.67 bits per heavy atom. The van der Waals surface area contributed by atoms with Gasteiger partial charge in [-0.15, -0.1) is 0 Å². The van der Waals surface area contributed by atoms with Crippen molar-refractivity contribution >= 4 is 5.95 Å². The average Bonchev–Trinajstić information content (AvgIpc) is 2.71. The normalized spacial score (nSPS) is 20.0. The van der Waals surface area contributed by atoms with Crippen LogP contribution in [-0.2, 0) is 23.8 Å². The molecule has 1 aromatic rings. The predicted molar refractivity (Wildman–Crippen MR) is 71.3 cm³/mol. The van der Waals surface area contributed by atoms with Crippen molar-refractivity contribution in [3.05, 3.63) is 17.0 Å². The van der Waals surface area contributed by atoms with Crippen LogP contribution in [-0.4, -0.2) is 36.3 Å². The summed E-state index contributed by atoms with van der Waals surface area (Å²) < 4.78 is 45.2. The van der Waals surface area contributed by atoms with E-state index in [0.717, 1.165) is 19.3 Å². The summed E-state index contributed by atoms with van der Waals surface area (Å²) in [6.07, 6.45) is -0.773. The second kappa shape index (κ2) is 5.79. The molecule has 0 amide bonds. The lowest BCUT2D eigenvalue weighted by Gasteiger charge is -2.28. The zero-order chi connectivity index (χ0) is 14.9. The molecule has 7 heteroatoms. The van der Waals surface area contributed by atoms with Crippen molar-refractivity contribution in [1.29, 1.82) is 0 Å². The molecule has 0 bridgehead atoms. The van der Waals surface area contributed by atoms with Crippen LogP contribution in [0.2, 0.25) is 0 Å². The van der Waals surface area contributed by atoms with E-state index in [0.29, 0.717) is 50.4 Å². The van der Waals surface area contributed by atoms with E-state index in [9.17, 15) is 13.2 Å². The summed E-state index contributed by atoms with van der Waals surface area (Å²) in [4.78, 5) is 10.1. The number of aryl methyl sites for hydroxylation is 1. The van der Waals surface area contributed by atoms with Crippen molar-refractivity contribution in [2.45, 2.75) is 38.3 Å². The Hall–Kier alpha value is -1.37. The Kier molecular flexibility index (Phi) is 4.01. The van der Waals surface area contributed by atoms with Crippen LogP contribution in [0.4, 0.5) is 19.1 Å². The first kappa shape index (κ1) is 14.6. The van der Waals surface area contributed by atoms with E-state index in [2.05, 4.69) is 9.97 Å². The second-order valence-electron chi connectivity index (χ2n) is 5.46. The Morgan fingerprint density at radius 3 is 2.38 bits per heavy atom. The zero-order valence-electron chi connectivity index (χ0n) is 11.7. The zero-order valence-corrected chi connectivity index (χ0v) is 11.7. The Balaban J connectivity index is 2.04. The molecule has 1 aliphatic heterocycles. The summed E-state index contributed by atoms with van der Waals surface area (Å²) in [6.45, 7) is 2.08. The minimum absolute atomic E-state index is 0.200. The lowest BCUT2D eigenvalue weighted by molar-refractivity contribution is -0.141. The Bertz CT molecular complexity index is 513. The number of nitrogens with zero attached hydrogens (tertiary/aromatic N) is 3. The summed E-state index contributed by atoms with van der Waals surface area (Å²) in [7, 11) is 0. The lowest BCUT2D eigenvalue weighted by atomic mass is 10.1. The molecule has 1 saturated heterocycles. The van der Waals surface area contributed by atoms with Gasteiger partial charge < -0.3 is 9.64 Å². The molecule has 0 aromatic carbocycles. The molecule has 4 nitrogen and oxygen atoms in total. The highest BCUT2D eigenvalue weighted by molar-refractivity contribution is 5.39. The quantitative estimate of drug-likeness (QED) is 0.747. The predicted octanol–water partition coefficient (Wildman–Crippen LogP) is 2.60. The van der Waals surface area contributed by atoms with E-state index in [1.807, 2.05) is 0 Å². The largest absolute Gasteiger partial charge is 0.433 e. The topological polar surface area (TPSA) is 38.2 Å². The van der Waals surface area contributed by atoms with E-state index in [-0.39, 0.29) is 5.95 Å². The molecular weight excluding hydrogens is 283 g/mol. The van der Waals surface area contributed by atoms with Gasteiger partial charge in [0.2, 0.25) is 5.95 Å². The van der Waals surface area contributed by atoms with Gasteiger partial charge in [-0.05, 0) is 25.7 Å². The van der Waals surface area contributed by atoms with Gasteiger partial charge in [0.05, 0.1) is 13.2 Å². The van der Waals surface area contributed by atoms with Gasteiger partial charge in [-0.2, -0.15) is 13.2 Å². The number of alkyl halides is 3. The van der Waals surface area contributed by atoms with Crippen molar-refractivity contribution < 1.29 is 17.9 Å². The molecule has 2 aliphatic rings. The molecule has 0 radical (unpaired) electrons. The number of rotatable bonds is 1. The summed E-state index contributed by atoms with van der Waals surface area (Å²) >= 11 is 0. The third kappa shape index (κ3) is 3.12. The molecule has 0 unspecified atom stereocenters. The van der Waals surface area contributed by atoms with Crippen LogP contribution in [0.1, 0.15) is 36.2 Å². The second-order valence-corrected chi connectivity index (χ2v) is 5.46. The van der Waals surface area contributed by atoms with Crippen molar-refractivity contribution in [1.82, 2.24) is 9.97 Å². The molecule has 2 heterocycles. The smallest absolute Gasteiger partial charge is 0.378 e. The minimum atomic E-state index is -4.42. The van der Waals surface area contributed by atoms with Gasteiger partial charge >= 0.3 is 6.18 Å². The van der Waals surface area contributed by atoms with Crippen LogP contribution >= 0.6 is 0 Å². The van der Waals surface area contributed by atoms with E-state index in [1.165, 1.54) is 0 Å². The number of fused-ring (bicyclic) bond motifs is 1. The van der Waals surface area contributed by atoms with Crippen LogP contribution in [0, 0.1) is 0 Å². The summed E-state index contributed by atoms with van der Waals surface area (Å²) in [5.74, 6) is 0.200. The van der Waals surface area contributed by atoms with Crippen LogP contribution in [0.25, 0.3) is 0 Å². The van der Waals surface area contributed by atoms with Crippen molar-refractivity contribution in [3.8, 4) is 0 Å². The van der Waals surface area contributed by atoms with Gasteiger partial charge in [-0.1, -0.05) is 6.42 Å². The fourth-order valence-electron chi connectivity index (χ4n) is 2.90. The molecule has 3 rings (SSSR count). The maximum atomic E-state index is 13.3. The fraction of sp³-hybridized carbons (Fsp3) is 0.714. The molecule has 1 fully saturated rings. The Morgan fingerprint density at radius 1 is 0.952 bits per heavy atom. The number of hydrogen-bond acceptors (Lipinski definition) is 4. The molecule has 0 N–H and O–H groups in total. The molecule has 1 aromatic heterocycles. The Labute approximate surface area is 121 Å². The van der Waals surface area contributed by atoms with E-state index < -0.39 is 11.9 Å². The molecule has 0 spiro atoms. The van der Waals surface area contributed by atoms with E-state index in [4.69, 9.17) is 4.74 Å². The van der Waals surface area contributed by atoms with Gasteiger partial charge in [-0.25, -0.2) is 9.97 Å². The monoisotopic (exact) mass is 301 g/mol. The summed E-state index contributed by atoms with van der Waals surface area (Å²) in [6, 6.07) is 0. The molecule has 21 heavy (non-hydrogen) atoms. The van der Waals surface area contributed by atoms with Crippen molar-refractivity contribution in [3.63, 3.8) is 0 Å². The van der Waals surface area contributed by atoms with Crippen LogP contribution in [0.15, 0.2) is 0 Å². The van der Waals surface area contributed by atoms with Crippen LogP contribution in [0.5, 0.6) is 0 Å². The first-order valence-electron chi connectivity index (χ1n) is 7.35. The molecule has 0 saturated carbocycles. The van der Waals surface area contributed by atoms with E-state index in [1.54, 1.807) is 4.90 Å². The van der Waals surface area contributed by atoms with Crippen LogP contribution < -0.4 is 4.90 Å². The lowest BCUT2D eigenvalue weighted by Crippen LogP contribution is -2.38. The van der Waals surface area contributed by atoms with Gasteiger partial charge in [0.25, 0.3) is 0 Å². The highest BCUT2D eigenvalue weighted by atomic mass is 19.4. The van der Waals surface area contributed by atoms with Crippen molar-refractivity contribution in [2.24, 2.45) is 0 Å².